The van der Waals surface area contributed by atoms with E-state index in [0.717, 1.165) is 22.0 Å². The highest BCUT2D eigenvalue weighted by molar-refractivity contribution is 5.89. The Morgan fingerprint density at radius 2 is 1.81 bits per heavy atom. The highest BCUT2D eigenvalue weighted by atomic mass is 16.2. The van der Waals surface area contributed by atoms with Gasteiger partial charge in [0.15, 0.2) is 0 Å². The van der Waals surface area contributed by atoms with Gasteiger partial charge in [-0.2, -0.15) is 0 Å². The van der Waals surface area contributed by atoms with E-state index in [9.17, 15) is 9.59 Å². The third kappa shape index (κ3) is 4.04. The number of aromatic amines is 1. The second kappa shape index (κ2) is 8.49. The van der Waals surface area contributed by atoms with Gasteiger partial charge in [-0.3, -0.25) is 14.6 Å². The first-order valence-corrected chi connectivity index (χ1v) is 10.7. The first-order valence-electron chi connectivity index (χ1n) is 10.7. The lowest BCUT2D eigenvalue weighted by molar-refractivity contribution is -0.140. The number of hydrogen-bond donors (Lipinski definition) is 3. The fraction of sp³-hybridized carbons (Fsp3) is 0.348. The van der Waals surface area contributed by atoms with Crippen LogP contribution in [0.2, 0.25) is 0 Å². The quantitative estimate of drug-likeness (QED) is 0.595. The molecule has 0 spiro atoms. The SMILES string of the molecule is O=C(Cc1c[nH]c2ccccc12)N1CCN(C(=O)C2CC(c3cccnc3)NN2)CC1. The molecule has 160 valence electrons. The molecule has 0 radical (unpaired) electrons. The molecule has 5 rings (SSSR count). The number of benzene rings is 1. The Kier molecular flexibility index (Phi) is 5.40. The number of hydrazine groups is 1. The van der Waals surface area contributed by atoms with Gasteiger partial charge < -0.3 is 14.8 Å². The van der Waals surface area contributed by atoms with Gasteiger partial charge in [-0.1, -0.05) is 24.3 Å². The van der Waals surface area contributed by atoms with E-state index in [2.05, 4.69) is 20.8 Å². The van der Waals surface area contributed by atoms with Crippen molar-refractivity contribution in [2.75, 3.05) is 26.2 Å². The van der Waals surface area contributed by atoms with E-state index < -0.39 is 0 Å². The summed E-state index contributed by atoms with van der Waals surface area (Å²) in [5, 5.41) is 1.09. The molecule has 0 saturated carbocycles. The topological polar surface area (TPSA) is 93.4 Å². The number of carbonyl (C=O) groups is 2. The third-order valence-electron chi connectivity index (χ3n) is 6.25. The van der Waals surface area contributed by atoms with Gasteiger partial charge in [0.05, 0.1) is 6.42 Å². The standard InChI is InChI=1S/C23H26N6O2/c30-22(12-17-15-25-19-6-2-1-5-18(17)19)28-8-10-29(11-9-28)23(31)21-13-20(26-27-21)16-4-3-7-24-14-16/h1-7,14-15,20-21,25-27H,8-13H2. The molecule has 2 aliphatic heterocycles. The van der Waals surface area contributed by atoms with E-state index in [4.69, 9.17) is 0 Å². The maximum absolute atomic E-state index is 13.0. The molecule has 2 aliphatic rings. The minimum absolute atomic E-state index is 0.0710. The van der Waals surface area contributed by atoms with E-state index in [1.165, 1.54) is 0 Å². The molecule has 31 heavy (non-hydrogen) atoms. The van der Waals surface area contributed by atoms with E-state index in [1.807, 2.05) is 58.6 Å². The van der Waals surface area contributed by atoms with Crippen molar-refractivity contribution in [3.8, 4) is 0 Å². The van der Waals surface area contributed by atoms with Crippen LogP contribution in [0.3, 0.4) is 0 Å². The van der Waals surface area contributed by atoms with Crippen LogP contribution in [0.1, 0.15) is 23.6 Å². The number of aromatic nitrogens is 2. The van der Waals surface area contributed by atoms with Crippen LogP contribution in [0.25, 0.3) is 10.9 Å². The maximum Gasteiger partial charge on any atom is 0.241 e. The lowest BCUT2D eigenvalue weighted by Gasteiger charge is -2.36. The summed E-state index contributed by atoms with van der Waals surface area (Å²) in [5.74, 6) is 0.191. The zero-order chi connectivity index (χ0) is 21.2. The molecule has 8 nitrogen and oxygen atoms in total. The molecule has 3 aromatic rings. The van der Waals surface area contributed by atoms with Gasteiger partial charge in [0.1, 0.15) is 6.04 Å². The number of pyridine rings is 1. The minimum atomic E-state index is -0.265. The molecule has 2 atom stereocenters. The van der Waals surface area contributed by atoms with Gasteiger partial charge in [0.25, 0.3) is 0 Å². The third-order valence-corrected chi connectivity index (χ3v) is 6.25. The number of hydrogen-bond acceptors (Lipinski definition) is 5. The number of H-pyrrole nitrogens is 1. The van der Waals surface area contributed by atoms with E-state index in [0.29, 0.717) is 39.0 Å². The van der Waals surface area contributed by atoms with Gasteiger partial charge >= 0.3 is 0 Å². The summed E-state index contributed by atoms with van der Waals surface area (Å²) in [4.78, 5) is 36.9. The molecule has 2 saturated heterocycles. The van der Waals surface area contributed by atoms with Gasteiger partial charge in [-0.15, -0.1) is 0 Å². The monoisotopic (exact) mass is 418 g/mol. The molecule has 0 bridgehead atoms. The summed E-state index contributed by atoms with van der Waals surface area (Å²) < 4.78 is 0. The Labute approximate surface area is 180 Å². The van der Waals surface area contributed by atoms with Crippen molar-refractivity contribution in [1.29, 1.82) is 0 Å². The first kappa shape index (κ1) is 19.7. The fourth-order valence-electron chi connectivity index (χ4n) is 4.47. The summed E-state index contributed by atoms with van der Waals surface area (Å²) in [7, 11) is 0. The number of nitrogens with zero attached hydrogens (tertiary/aromatic N) is 3. The molecule has 4 heterocycles. The van der Waals surface area contributed by atoms with Crippen molar-refractivity contribution in [2.45, 2.75) is 24.9 Å². The van der Waals surface area contributed by atoms with Gasteiger partial charge in [-0.05, 0) is 29.7 Å². The van der Waals surface area contributed by atoms with Crippen molar-refractivity contribution in [2.24, 2.45) is 0 Å². The molecular weight excluding hydrogens is 392 g/mol. The fourth-order valence-corrected chi connectivity index (χ4v) is 4.47. The molecule has 8 heteroatoms. The number of rotatable bonds is 4. The van der Waals surface area contributed by atoms with Crippen LogP contribution < -0.4 is 10.9 Å². The summed E-state index contributed by atoms with van der Waals surface area (Å²) in [5.41, 5.74) is 9.46. The van der Waals surface area contributed by atoms with Crippen molar-refractivity contribution in [3.63, 3.8) is 0 Å². The average Bonchev–Trinajstić information content (AvgIpc) is 3.47. The van der Waals surface area contributed by atoms with Crippen LogP contribution in [0.5, 0.6) is 0 Å². The summed E-state index contributed by atoms with van der Waals surface area (Å²) >= 11 is 0. The number of amides is 2. The molecule has 2 aromatic heterocycles. The second-order valence-corrected chi connectivity index (χ2v) is 8.16. The zero-order valence-electron chi connectivity index (χ0n) is 17.3. The largest absolute Gasteiger partial charge is 0.361 e. The minimum Gasteiger partial charge on any atom is -0.361 e. The Bertz CT molecular complexity index is 1070. The van der Waals surface area contributed by atoms with E-state index >= 15 is 0 Å². The van der Waals surface area contributed by atoms with Crippen molar-refractivity contribution < 1.29 is 9.59 Å². The predicted molar refractivity (Wildman–Crippen MR) is 117 cm³/mol. The maximum atomic E-state index is 13.0. The molecular formula is C23H26N6O2. The summed E-state index contributed by atoms with van der Waals surface area (Å²) in [6.07, 6.45) is 6.54. The lowest BCUT2D eigenvalue weighted by Crippen LogP contribution is -2.54. The molecule has 2 unspecified atom stereocenters. The number of piperazine rings is 1. The van der Waals surface area contributed by atoms with Gasteiger partial charge in [0, 0.05) is 61.7 Å². The lowest BCUT2D eigenvalue weighted by atomic mass is 10.0. The normalized spacial score (nSPS) is 21.5. The summed E-state index contributed by atoms with van der Waals surface area (Å²) in [6.45, 7) is 2.26. The van der Waals surface area contributed by atoms with E-state index in [-0.39, 0.29) is 23.9 Å². The van der Waals surface area contributed by atoms with Gasteiger partial charge in [-0.25, -0.2) is 10.9 Å². The molecule has 2 fully saturated rings. The van der Waals surface area contributed by atoms with Crippen LogP contribution >= 0.6 is 0 Å². The molecule has 2 amide bonds. The van der Waals surface area contributed by atoms with Crippen molar-refractivity contribution in [3.05, 3.63) is 66.1 Å². The van der Waals surface area contributed by atoms with Crippen LogP contribution in [-0.2, 0) is 16.0 Å². The van der Waals surface area contributed by atoms with Crippen molar-refractivity contribution >= 4 is 22.7 Å². The number of para-hydroxylation sites is 1. The highest BCUT2D eigenvalue weighted by Crippen LogP contribution is 2.23. The number of nitrogens with one attached hydrogen (secondary N) is 3. The summed E-state index contributed by atoms with van der Waals surface area (Å²) in [6, 6.07) is 11.7. The molecule has 3 N–H and O–H groups in total. The molecule has 0 aliphatic carbocycles. The van der Waals surface area contributed by atoms with Crippen LogP contribution in [0.15, 0.2) is 55.0 Å². The van der Waals surface area contributed by atoms with Crippen LogP contribution in [0.4, 0.5) is 0 Å². The Balaban J connectivity index is 1.14. The number of fused-ring (bicyclic) bond motifs is 1. The predicted octanol–water partition coefficient (Wildman–Crippen LogP) is 1.38. The molecule has 1 aromatic carbocycles. The van der Waals surface area contributed by atoms with Crippen molar-refractivity contribution in [1.82, 2.24) is 30.6 Å². The Hall–Kier alpha value is -3.23. The smallest absolute Gasteiger partial charge is 0.241 e. The zero-order valence-corrected chi connectivity index (χ0v) is 17.3. The average molecular weight is 419 g/mol. The van der Waals surface area contributed by atoms with Gasteiger partial charge in [0.2, 0.25) is 11.8 Å². The Morgan fingerprint density at radius 1 is 1.00 bits per heavy atom. The second-order valence-electron chi connectivity index (χ2n) is 8.16. The first-order chi connectivity index (χ1) is 15.2. The van der Waals surface area contributed by atoms with Crippen LogP contribution in [0, 0.1) is 0 Å². The number of carbonyl (C=O) groups excluding carboxylic acids is 2. The Morgan fingerprint density at radius 3 is 2.61 bits per heavy atom. The van der Waals surface area contributed by atoms with E-state index in [1.54, 1.807) is 6.20 Å². The highest BCUT2D eigenvalue weighted by Gasteiger charge is 2.34. The van der Waals surface area contributed by atoms with Crippen LogP contribution in [-0.4, -0.2) is 63.8 Å².